The maximum atomic E-state index is 12.1. The van der Waals surface area contributed by atoms with E-state index in [0.717, 1.165) is 6.42 Å². The van der Waals surface area contributed by atoms with E-state index in [1.807, 2.05) is 6.92 Å². The van der Waals surface area contributed by atoms with Gasteiger partial charge in [-0.05, 0) is 25.5 Å². The molecule has 0 N–H and O–H groups in total. The molecule has 1 atom stereocenters. The van der Waals surface area contributed by atoms with Gasteiger partial charge in [0.1, 0.15) is 0 Å². The van der Waals surface area contributed by atoms with E-state index in [1.54, 1.807) is 30.1 Å². The molecule has 5 heteroatoms. The highest BCUT2D eigenvalue weighted by atomic mass is 35.5. The topological polar surface area (TPSA) is 20.3 Å². The SMILES string of the molecule is CC(Cl)CCN(C)C(=O)c1cccc(Cl)c1Cl. The van der Waals surface area contributed by atoms with E-state index in [4.69, 9.17) is 34.8 Å². The smallest absolute Gasteiger partial charge is 0.255 e. The largest absolute Gasteiger partial charge is 0.342 e. The summed E-state index contributed by atoms with van der Waals surface area (Å²) in [6.45, 7) is 2.48. The van der Waals surface area contributed by atoms with Gasteiger partial charge in [0.2, 0.25) is 0 Å². The van der Waals surface area contributed by atoms with E-state index in [-0.39, 0.29) is 11.3 Å². The summed E-state index contributed by atoms with van der Waals surface area (Å²) in [5.41, 5.74) is 0.420. The van der Waals surface area contributed by atoms with Crippen molar-refractivity contribution in [3.8, 4) is 0 Å². The Balaban J connectivity index is 2.78. The van der Waals surface area contributed by atoms with Gasteiger partial charge < -0.3 is 4.90 Å². The van der Waals surface area contributed by atoms with Gasteiger partial charge in [-0.25, -0.2) is 0 Å². The lowest BCUT2D eigenvalue weighted by molar-refractivity contribution is 0.0794. The second-order valence-electron chi connectivity index (χ2n) is 3.90. The third-order valence-corrected chi connectivity index (χ3v) is 3.43. The van der Waals surface area contributed by atoms with Gasteiger partial charge in [-0.3, -0.25) is 4.79 Å². The van der Waals surface area contributed by atoms with Crippen LogP contribution in [0.5, 0.6) is 0 Å². The van der Waals surface area contributed by atoms with Crippen LogP contribution in [0, 0.1) is 0 Å². The van der Waals surface area contributed by atoms with E-state index in [0.29, 0.717) is 22.2 Å². The molecule has 94 valence electrons. The summed E-state index contributed by atoms with van der Waals surface area (Å²) in [5.74, 6) is -0.144. The molecule has 17 heavy (non-hydrogen) atoms. The van der Waals surface area contributed by atoms with Gasteiger partial charge in [0, 0.05) is 19.0 Å². The number of rotatable bonds is 4. The van der Waals surface area contributed by atoms with E-state index >= 15 is 0 Å². The minimum absolute atomic E-state index is 0.0417. The van der Waals surface area contributed by atoms with Crippen LogP contribution >= 0.6 is 34.8 Å². The monoisotopic (exact) mass is 293 g/mol. The molecule has 0 aliphatic rings. The van der Waals surface area contributed by atoms with Crippen LogP contribution in [0.4, 0.5) is 0 Å². The van der Waals surface area contributed by atoms with Crippen molar-refractivity contribution in [3.63, 3.8) is 0 Å². The van der Waals surface area contributed by atoms with Crippen LogP contribution in [-0.2, 0) is 0 Å². The Morgan fingerprint density at radius 1 is 1.41 bits per heavy atom. The van der Waals surface area contributed by atoms with Crippen LogP contribution in [-0.4, -0.2) is 29.8 Å². The van der Waals surface area contributed by atoms with Crippen LogP contribution in [0.15, 0.2) is 18.2 Å². The first-order valence-electron chi connectivity index (χ1n) is 5.27. The zero-order valence-electron chi connectivity index (χ0n) is 9.71. The van der Waals surface area contributed by atoms with Gasteiger partial charge >= 0.3 is 0 Å². The number of amides is 1. The average molecular weight is 295 g/mol. The van der Waals surface area contributed by atoms with Crippen molar-refractivity contribution in [2.24, 2.45) is 0 Å². The lowest BCUT2D eigenvalue weighted by Gasteiger charge is -2.18. The molecule has 2 nitrogen and oxygen atoms in total. The van der Waals surface area contributed by atoms with Crippen LogP contribution < -0.4 is 0 Å². The quantitative estimate of drug-likeness (QED) is 0.766. The number of halogens is 3. The number of hydrogen-bond donors (Lipinski definition) is 0. The molecule has 0 heterocycles. The van der Waals surface area contributed by atoms with E-state index in [1.165, 1.54) is 0 Å². The summed E-state index contributed by atoms with van der Waals surface area (Å²) in [4.78, 5) is 13.7. The standard InChI is InChI=1S/C12H14Cl3NO/c1-8(13)6-7-16(2)12(17)9-4-3-5-10(14)11(9)15/h3-5,8H,6-7H2,1-2H3. The molecule has 0 bridgehead atoms. The molecule has 0 saturated carbocycles. The Hall–Kier alpha value is -0.440. The minimum atomic E-state index is -0.144. The molecule has 0 aliphatic heterocycles. The summed E-state index contributed by atoms with van der Waals surface area (Å²) in [6, 6.07) is 5.03. The number of hydrogen-bond acceptors (Lipinski definition) is 1. The van der Waals surface area contributed by atoms with Crippen LogP contribution in [0.1, 0.15) is 23.7 Å². The van der Waals surface area contributed by atoms with Crippen molar-refractivity contribution in [3.05, 3.63) is 33.8 Å². The molecule has 1 aromatic rings. The van der Waals surface area contributed by atoms with E-state index < -0.39 is 0 Å². The highest BCUT2D eigenvalue weighted by molar-refractivity contribution is 6.43. The molecule has 0 radical (unpaired) electrons. The van der Waals surface area contributed by atoms with Crippen molar-refractivity contribution in [2.75, 3.05) is 13.6 Å². The molecule has 0 aromatic heterocycles. The Kier molecular flexibility index (Phi) is 5.57. The second kappa shape index (κ2) is 6.48. The lowest BCUT2D eigenvalue weighted by Crippen LogP contribution is -2.29. The summed E-state index contributed by atoms with van der Waals surface area (Å²) in [6.07, 6.45) is 0.738. The Bertz CT molecular complexity index is 407. The van der Waals surface area contributed by atoms with Gasteiger partial charge in [0.25, 0.3) is 5.91 Å². The first-order chi connectivity index (χ1) is 7.93. The van der Waals surface area contributed by atoms with Gasteiger partial charge in [-0.15, -0.1) is 11.6 Å². The van der Waals surface area contributed by atoms with Crippen molar-refractivity contribution >= 4 is 40.7 Å². The van der Waals surface area contributed by atoms with Gasteiger partial charge in [-0.2, -0.15) is 0 Å². The van der Waals surface area contributed by atoms with Crippen molar-refractivity contribution in [2.45, 2.75) is 18.7 Å². The van der Waals surface area contributed by atoms with E-state index in [9.17, 15) is 4.79 Å². The predicted octanol–water partition coefficient (Wildman–Crippen LogP) is 4.08. The van der Waals surface area contributed by atoms with Gasteiger partial charge in [0.15, 0.2) is 0 Å². The van der Waals surface area contributed by atoms with Crippen molar-refractivity contribution in [1.82, 2.24) is 4.90 Å². The highest BCUT2D eigenvalue weighted by Gasteiger charge is 2.16. The molecule has 1 amide bonds. The fourth-order valence-electron chi connectivity index (χ4n) is 1.35. The van der Waals surface area contributed by atoms with Crippen molar-refractivity contribution < 1.29 is 4.79 Å². The molecular weight excluding hydrogens is 280 g/mol. The zero-order valence-corrected chi connectivity index (χ0v) is 12.0. The number of benzene rings is 1. The molecule has 0 saturated heterocycles. The fraction of sp³-hybridized carbons (Fsp3) is 0.417. The Labute approximate surface area is 116 Å². The summed E-state index contributed by atoms with van der Waals surface area (Å²) >= 11 is 17.7. The molecule has 1 aromatic carbocycles. The third-order valence-electron chi connectivity index (χ3n) is 2.39. The normalized spacial score (nSPS) is 12.3. The summed E-state index contributed by atoms with van der Waals surface area (Å²) in [7, 11) is 1.72. The predicted molar refractivity (Wildman–Crippen MR) is 73.4 cm³/mol. The lowest BCUT2D eigenvalue weighted by atomic mass is 10.2. The molecule has 0 fully saturated rings. The first-order valence-corrected chi connectivity index (χ1v) is 6.46. The van der Waals surface area contributed by atoms with Crippen LogP contribution in [0.3, 0.4) is 0 Å². The Morgan fingerprint density at radius 3 is 2.65 bits per heavy atom. The molecule has 1 unspecified atom stereocenters. The van der Waals surface area contributed by atoms with Gasteiger partial charge in [-0.1, -0.05) is 29.3 Å². The number of carbonyl (C=O) groups is 1. The maximum Gasteiger partial charge on any atom is 0.255 e. The second-order valence-corrected chi connectivity index (χ2v) is 5.43. The fourth-order valence-corrected chi connectivity index (χ4v) is 1.83. The number of alkyl halides is 1. The number of nitrogens with zero attached hydrogens (tertiary/aromatic N) is 1. The van der Waals surface area contributed by atoms with Crippen molar-refractivity contribution in [1.29, 1.82) is 0 Å². The maximum absolute atomic E-state index is 12.1. The van der Waals surface area contributed by atoms with E-state index in [2.05, 4.69) is 0 Å². The van der Waals surface area contributed by atoms with Crippen LogP contribution in [0.25, 0.3) is 0 Å². The molecular formula is C12H14Cl3NO. The zero-order chi connectivity index (χ0) is 13.0. The molecule has 1 rings (SSSR count). The summed E-state index contributed by atoms with van der Waals surface area (Å²) in [5, 5.41) is 0.724. The molecule has 0 aliphatic carbocycles. The minimum Gasteiger partial charge on any atom is -0.342 e. The van der Waals surface area contributed by atoms with Gasteiger partial charge in [0.05, 0.1) is 15.6 Å². The summed E-state index contributed by atoms with van der Waals surface area (Å²) < 4.78 is 0. The number of carbonyl (C=O) groups excluding carboxylic acids is 1. The first kappa shape index (κ1) is 14.6. The molecule has 0 spiro atoms. The van der Waals surface area contributed by atoms with Crippen LogP contribution in [0.2, 0.25) is 10.0 Å². The average Bonchev–Trinajstić information content (AvgIpc) is 2.28. The third kappa shape index (κ3) is 4.06. The highest BCUT2D eigenvalue weighted by Crippen LogP contribution is 2.26. The Morgan fingerprint density at radius 2 is 2.06 bits per heavy atom.